The largest absolute Gasteiger partial charge is 0.351 e. The molecule has 2 aromatic rings. The van der Waals surface area contributed by atoms with Gasteiger partial charge in [0.1, 0.15) is 5.69 Å². The van der Waals surface area contributed by atoms with E-state index in [2.05, 4.69) is 15.3 Å². The minimum absolute atomic E-state index is 0.212. The summed E-state index contributed by atoms with van der Waals surface area (Å²) in [5, 5.41) is 7.15. The van der Waals surface area contributed by atoms with E-state index >= 15 is 0 Å². The highest BCUT2D eigenvalue weighted by Gasteiger charge is 2.11. The third-order valence-corrected chi connectivity index (χ3v) is 4.91. The summed E-state index contributed by atoms with van der Waals surface area (Å²) >= 11 is 0. The number of benzene rings is 1. The number of rotatable bonds is 7. The monoisotopic (exact) mass is 368 g/mol. The lowest BCUT2D eigenvalue weighted by Crippen LogP contribution is -2.32. The van der Waals surface area contributed by atoms with Gasteiger partial charge in [0.25, 0.3) is 11.5 Å². The highest BCUT2D eigenvalue weighted by Crippen LogP contribution is 2.09. The fraction of sp³-hybridized carbons (Fsp3) is 0.476. The Morgan fingerprint density at radius 2 is 1.74 bits per heavy atom. The second kappa shape index (κ2) is 10.0. The van der Waals surface area contributed by atoms with Gasteiger partial charge in [0.15, 0.2) is 0 Å². The molecule has 1 fully saturated rings. The molecule has 6 nitrogen and oxygen atoms in total. The van der Waals surface area contributed by atoms with Crippen LogP contribution in [-0.4, -0.2) is 46.8 Å². The van der Waals surface area contributed by atoms with Crippen LogP contribution < -0.4 is 10.9 Å². The Morgan fingerprint density at radius 3 is 2.48 bits per heavy atom. The van der Waals surface area contributed by atoms with Crippen LogP contribution in [0, 0.1) is 0 Å². The minimum atomic E-state index is -0.229. The first-order chi connectivity index (χ1) is 13.2. The maximum absolute atomic E-state index is 12.4. The van der Waals surface area contributed by atoms with Gasteiger partial charge in [0.05, 0.1) is 6.54 Å². The van der Waals surface area contributed by atoms with Crippen molar-refractivity contribution in [3.8, 4) is 0 Å². The summed E-state index contributed by atoms with van der Waals surface area (Å²) in [6.07, 6.45) is 6.14. The van der Waals surface area contributed by atoms with Gasteiger partial charge in [-0.3, -0.25) is 9.59 Å². The molecule has 1 aromatic carbocycles. The number of amides is 1. The van der Waals surface area contributed by atoms with E-state index in [9.17, 15) is 9.59 Å². The zero-order valence-electron chi connectivity index (χ0n) is 15.8. The van der Waals surface area contributed by atoms with Crippen molar-refractivity contribution in [2.75, 3.05) is 26.2 Å². The normalized spacial score (nSPS) is 15.3. The highest BCUT2D eigenvalue weighted by molar-refractivity contribution is 5.91. The van der Waals surface area contributed by atoms with Crippen LogP contribution in [0.5, 0.6) is 0 Å². The summed E-state index contributed by atoms with van der Waals surface area (Å²) in [6, 6.07) is 12.5. The molecule has 1 aliphatic heterocycles. The van der Waals surface area contributed by atoms with Gasteiger partial charge in [-0.05, 0) is 50.5 Å². The van der Waals surface area contributed by atoms with Crippen LogP contribution in [0.4, 0.5) is 0 Å². The standard InChI is InChI=1S/C21H28N4O2/c26-20-12-11-19(23-25(20)17-18-9-4-3-5-10-18)21(27)22-13-8-16-24-14-6-1-2-7-15-24/h3-5,9-12H,1-2,6-8,13-17H2,(H,22,27). The predicted molar refractivity (Wildman–Crippen MR) is 106 cm³/mol. The van der Waals surface area contributed by atoms with Crippen LogP contribution in [0.1, 0.15) is 48.2 Å². The van der Waals surface area contributed by atoms with Crippen LogP contribution >= 0.6 is 0 Å². The lowest BCUT2D eigenvalue weighted by molar-refractivity contribution is 0.0944. The lowest BCUT2D eigenvalue weighted by Gasteiger charge is -2.19. The third kappa shape index (κ3) is 6.03. The topological polar surface area (TPSA) is 67.2 Å². The first-order valence-corrected chi connectivity index (χ1v) is 9.85. The fourth-order valence-electron chi connectivity index (χ4n) is 3.39. The zero-order chi connectivity index (χ0) is 18.9. The van der Waals surface area contributed by atoms with Crippen molar-refractivity contribution in [2.24, 2.45) is 0 Å². The average Bonchev–Trinajstić information content (AvgIpc) is 2.96. The van der Waals surface area contributed by atoms with E-state index in [4.69, 9.17) is 0 Å². The molecule has 0 saturated carbocycles. The minimum Gasteiger partial charge on any atom is -0.351 e. The third-order valence-electron chi connectivity index (χ3n) is 4.91. The van der Waals surface area contributed by atoms with Crippen molar-refractivity contribution < 1.29 is 4.79 Å². The van der Waals surface area contributed by atoms with Crippen molar-refractivity contribution in [2.45, 2.75) is 38.6 Å². The van der Waals surface area contributed by atoms with Crippen LogP contribution in [0.3, 0.4) is 0 Å². The number of carbonyl (C=O) groups excluding carboxylic acids is 1. The fourth-order valence-corrected chi connectivity index (χ4v) is 3.39. The van der Waals surface area contributed by atoms with Gasteiger partial charge < -0.3 is 10.2 Å². The molecule has 2 heterocycles. The van der Waals surface area contributed by atoms with Gasteiger partial charge in [0, 0.05) is 12.6 Å². The smallest absolute Gasteiger partial charge is 0.271 e. The Labute approximate surface area is 160 Å². The number of likely N-dealkylation sites (tertiary alicyclic amines) is 1. The molecule has 0 aliphatic carbocycles. The van der Waals surface area contributed by atoms with E-state index in [1.54, 1.807) is 0 Å². The number of hydrogen-bond acceptors (Lipinski definition) is 4. The molecule has 0 atom stereocenters. The second-order valence-corrected chi connectivity index (χ2v) is 7.07. The Balaban J connectivity index is 1.50. The number of hydrogen-bond donors (Lipinski definition) is 1. The number of nitrogens with one attached hydrogen (secondary N) is 1. The molecule has 0 spiro atoms. The van der Waals surface area contributed by atoms with Gasteiger partial charge in [0.2, 0.25) is 0 Å². The Bertz CT molecular complexity index is 780. The molecule has 6 heteroatoms. The first-order valence-electron chi connectivity index (χ1n) is 9.85. The Hall–Kier alpha value is -2.47. The van der Waals surface area contributed by atoms with Gasteiger partial charge >= 0.3 is 0 Å². The summed E-state index contributed by atoms with van der Waals surface area (Å²) in [5.74, 6) is -0.229. The summed E-state index contributed by atoms with van der Waals surface area (Å²) in [5.41, 5.74) is 1.04. The highest BCUT2D eigenvalue weighted by atomic mass is 16.2. The summed E-state index contributed by atoms with van der Waals surface area (Å²) < 4.78 is 1.33. The molecule has 0 unspecified atom stereocenters. The Morgan fingerprint density at radius 1 is 1.00 bits per heavy atom. The van der Waals surface area contributed by atoms with E-state index in [0.717, 1.165) is 18.5 Å². The van der Waals surface area contributed by atoms with Gasteiger partial charge in [-0.25, -0.2) is 4.68 Å². The van der Waals surface area contributed by atoms with Crippen molar-refractivity contribution in [3.05, 3.63) is 64.1 Å². The molecule has 144 valence electrons. The SMILES string of the molecule is O=C(NCCCN1CCCCCC1)c1ccc(=O)n(Cc2ccccc2)n1. The first kappa shape index (κ1) is 19.3. The molecule has 1 amide bonds. The van der Waals surface area contributed by atoms with Crippen molar-refractivity contribution in [1.82, 2.24) is 20.0 Å². The van der Waals surface area contributed by atoms with Gasteiger partial charge in [-0.15, -0.1) is 0 Å². The van der Waals surface area contributed by atoms with Crippen molar-refractivity contribution in [1.29, 1.82) is 0 Å². The molecule has 1 aromatic heterocycles. The van der Waals surface area contributed by atoms with Crippen LogP contribution in [0.2, 0.25) is 0 Å². The van der Waals surface area contributed by atoms with E-state index in [0.29, 0.717) is 13.1 Å². The number of carbonyl (C=O) groups is 1. The second-order valence-electron chi connectivity index (χ2n) is 7.07. The molecule has 0 bridgehead atoms. The predicted octanol–water partition coefficient (Wildman–Crippen LogP) is 2.29. The van der Waals surface area contributed by atoms with Gasteiger partial charge in [-0.2, -0.15) is 5.10 Å². The summed E-state index contributed by atoms with van der Waals surface area (Å²) in [4.78, 5) is 26.9. The Kier molecular flexibility index (Phi) is 7.16. The van der Waals surface area contributed by atoms with Crippen molar-refractivity contribution >= 4 is 5.91 Å². The maximum Gasteiger partial charge on any atom is 0.271 e. The van der Waals surface area contributed by atoms with Crippen LogP contribution in [0.25, 0.3) is 0 Å². The molecule has 1 saturated heterocycles. The molecular formula is C21H28N4O2. The quantitative estimate of drug-likeness (QED) is 0.762. The van der Waals surface area contributed by atoms with Crippen molar-refractivity contribution in [3.63, 3.8) is 0 Å². The van der Waals surface area contributed by atoms with E-state index in [-0.39, 0.29) is 17.2 Å². The van der Waals surface area contributed by atoms with Gasteiger partial charge in [-0.1, -0.05) is 43.2 Å². The molecular weight excluding hydrogens is 340 g/mol. The van der Waals surface area contributed by atoms with Crippen LogP contribution in [-0.2, 0) is 6.54 Å². The summed E-state index contributed by atoms with van der Waals surface area (Å²) in [6.45, 7) is 4.33. The zero-order valence-corrected chi connectivity index (χ0v) is 15.8. The average molecular weight is 368 g/mol. The van der Waals surface area contributed by atoms with Crippen LogP contribution in [0.15, 0.2) is 47.3 Å². The number of aromatic nitrogens is 2. The number of nitrogens with zero attached hydrogens (tertiary/aromatic N) is 3. The molecule has 1 N–H and O–H groups in total. The van der Waals surface area contributed by atoms with E-state index in [1.165, 1.54) is 55.6 Å². The molecule has 0 radical (unpaired) electrons. The van der Waals surface area contributed by atoms with E-state index in [1.807, 2.05) is 30.3 Å². The molecule has 1 aliphatic rings. The summed E-state index contributed by atoms with van der Waals surface area (Å²) in [7, 11) is 0. The molecule has 27 heavy (non-hydrogen) atoms. The lowest BCUT2D eigenvalue weighted by atomic mass is 10.2. The maximum atomic E-state index is 12.4. The van der Waals surface area contributed by atoms with E-state index < -0.39 is 0 Å². The molecule has 3 rings (SSSR count).